The molecule has 0 saturated carbocycles. The molecule has 0 bridgehead atoms. The minimum Gasteiger partial charge on any atom is -0.486 e. The van der Waals surface area contributed by atoms with Crippen LogP contribution in [0.15, 0.2) is 18.2 Å². The second kappa shape index (κ2) is 6.17. The Morgan fingerprint density at radius 1 is 1.58 bits per heavy atom. The van der Waals surface area contributed by atoms with Crippen molar-refractivity contribution >= 4 is 18.1 Å². The lowest BCUT2D eigenvalue weighted by Crippen LogP contribution is -2.48. The van der Waals surface area contributed by atoms with Crippen LogP contribution in [0.5, 0.6) is 5.75 Å². The Morgan fingerprint density at radius 3 is 2.89 bits per heavy atom. The van der Waals surface area contributed by atoms with Gasteiger partial charge in [0.2, 0.25) is 5.69 Å². The summed E-state index contributed by atoms with van der Waals surface area (Å²) >= 11 is 0. The van der Waals surface area contributed by atoms with Crippen molar-refractivity contribution in [1.29, 1.82) is 0 Å². The number of benzene rings is 1. The largest absolute Gasteiger partial charge is 0.486 e. The average Bonchev–Trinajstić information content (AvgIpc) is 2.72. The smallest absolute Gasteiger partial charge is 0.222 e. The minimum atomic E-state index is -1.37. The Hall–Kier alpha value is -1.39. The topological polar surface area (TPSA) is 66.1 Å². The van der Waals surface area contributed by atoms with Crippen molar-refractivity contribution in [1.82, 2.24) is 5.32 Å². The van der Waals surface area contributed by atoms with Gasteiger partial charge in [-0.1, -0.05) is 0 Å². The second-order valence-electron chi connectivity index (χ2n) is 4.22. The second-order valence-corrected chi connectivity index (χ2v) is 4.22. The highest BCUT2D eigenvalue weighted by atomic mass is 35.5. The maximum Gasteiger partial charge on any atom is 0.222 e. The van der Waals surface area contributed by atoms with Crippen molar-refractivity contribution < 1.29 is 19.3 Å². The Balaban J connectivity index is 0.00000180. The van der Waals surface area contributed by atoms with Gasteiger partial charge in [-0.3, -0.25) is 0 Å². The van der Waals surface area contributed by atoms with Crippen LogP contribution in [0.3, 0.4) is 0 Å². The first-order valence-electron chi connectivity index (χ1n) is 5.47. The van der Waals surface area contributed by atoms with E-state index in [4.69, 9.17) is 16.4 Å². The number of β-amino-alcohol motifs (C(OH)–C–C–N with tert-alkyl or cyclic N) is 1. The molecule has 1 aliphatic heterocycles. The zero-order valence-electron chi connectivity index (χ0n) is 9.97. The molecule has 104 valence electrons. The molecule has 0 amide bonds. The molecule has 1 heterocycles. The van der Waals surface area contributed by atoms with Gasteiger partial charge in [-0.15, -0.1) is 12.4 Å². The van der Waals surface area contributed by atoms with Crippen LogP contribution in [0.4, 0.5) is 10.1 Å². The lowest BCUT2D eigenvalue weighted by molar-refractivity contribution is -0.0632. The lowest BCUT2D eigenvalue weighted by Gasteiger charge is -2.27. The normalized spacial score (nSPS) is 25.5. The molecule has 1 aliphatic rings. The van der Waals surface area contributed by atoms with E-state index in [-0.39, 0.29) is 30.4 Å². The number of ether oxygens (including phenoxy) is 1. The van der Waals surface area contributed by atoms with E-state index in [0.29, 0.717) is 6.54 Å². The Labute approximate surface area is 116 Å². The molecule has 0 aliphatic carbocycles. The number of rotatable bonds is 3. The van der Waals surface area contributed by atoms with Crippen molar-refractivity contribution in [3.63, 3.8) is 0 Å². The van der Waals surface area contributed by atoms with E-state index in [9.17, 15) is 9.50 Å². The van der Waals surface area contributed by atoms with E-state index in [1.165, 1.54) is 12.1 Å². The predicted molar refractivity (Wildman–Crippen MR) is 69.2 cm³/mol. The number of aliphatic hydroxyl groups excluding tert-OH is 1. The van der Waals surface area contributed by atoms with Gasteiger partial charge < -0.3 is 20.3 Å². The van der Waals surface area contributed by atoms with Gasteiger partial charge in [0.15, 0.2) is 0 Å². The number of hydrogen-bond donors (Lipinski definition) is 3. The van der Waals surface area contributed by atoms with Crippen molar-refractivity contribution in [2.45, 2.75) is 11.7 Å². The summed E-state index contributed by atoms with van der Waals surface area (Å²) in [6.45, 7) is 6.88. The molecule has 2 rings (SSSR count). The number of halogens is 2. The summed E-state index contributed by atoms with van der Waals surface area (Å²) in [6.07, 6.45) is -0.652. The zero-order chi connectivity index (χ0) is 13.2. The van der Waals surface area contributed by atoms with Gasteiger partial charge in [-0.05, 0) is 12.1 Å². The third-order valence-electron chi connectivity index (χ3n) is 2.95. The van der Waals surface area contributed by atoms with Gasteiger partial charge in [0.05, 0.1) is 13.2 Å². The third kappa shape index (κ3) is 3.14. The fourth-order valence-corrected chi connectivity index (χ4v) is 1.85. The molecular formula is C12H14ClFN2O3. The van der Waals surface area contributed by atoms with Crippen molar-refractivity contribution in [3.05, 3.63) is 35.4 Å². The maximum atomic E-state index is 13.4. The number of nitrogens with zero attached hydrogens (tertiary/aromatic N) is 1. The molecule has 3 N–H and O–H groups in total. The first-order chi connectivity index (χ1) is 8.59. The SMILES string of the molecule is Cl.[C-]#[N+]c1ccc(O[C@H]2CNC[C@@]2(O)CO)cc1F. The fourth-order valence-electron chi connectivity index (χ4n) is 1.85. The fraction of sp³-hybridized carbons (Fsp3) is 0.417. The first kappa shape index (κ1) is 15.7. The van der Waals surface area contributed by atoms with E-state index in [2.05, 4.69) is 10.2 Å². The standard InChI is InChI=1S/C12H13FN2O3.ClH/c1-14-10-3-2-8(4-9(10)13)18-11-5-15-6-12(11,17)7-16;/h2-4,11,15-17H,5-7H2;1H/t11-,12+;/m0./s1. The summed E-state index contributed by atoms with van der Waals surface area (Å²) in [5.74, 6) is -0.443. The van der Waals surface area contributed by atoms with Crippen molar-refractivity contribution in [2.24, 2.45) is 0 Å². The van der Waals surface area contributed by atoms with Crippen LogP contribution >= 0.6 is 12.4 Å². The summed E-state index contributed by atoms with van der Waals surface area (Å²) in [5.41, 5.74) is -1.45. The Bertz CT molecular complexity index is 494. The van der Waals surface area contributed by atoms with Crippen molar-refractivity contribution in [3.8, 4) is 5.75 Å². The number of nitrogens with one attached hydrogen (secondary N) is 1. The molecule has 0 spiro atoms. The van der Waals surface area contributed by atoms with Crippen LogP contribution in [-0.2, 0) is 0 Å². The van der Waals surface area contributed by atoms with Gasteiger partial charge in [0.25, 0.3) is 0 Å². The van der Waals surface area contributed by atoms with Crippen LogP contribution in [0.1, 0.15) is 0 Å². The summed E-state index contributed by atoms with van der Waals surface area (Å²) in [4.78, 5) is 3.01. The molecule has 2 atom stereocenters. The Kier molecular flexibility index (Phi) is 5.09. The molecule has 1 aromatic rings. The molecule has 5 nitrogen and oxygen atoms in total. The maximum absolute atomic E-state index is 13.4. The monoisotopic (exact) mass is 288 g/mol. The number of aliphatic hydroxyl groups is 2. The molecule has 7 heteroatoms. The van der Waals surface area contributed by atoms with Gasteiger partial charge in [-0.25, -0.2) is 9.24 Å². The predicted octanol–water partition coefficient (Wildman–Crippen LogP) is 0.872. The zero-order valence-corrected chi connectivity index (χ0v) is 10.8. The van der Waals surface area contributed by atoms with E-state index < -0.39 is 24.1 Å². The first-order valence-corrected chi connectivity index (χ1v) is 5.47. The van der Waals surface area contributed by atoms with Crippen LogP contribution < -0.4 is 10.1 Å². The number of hydrogen-bond acceptors (Lipinski definition) is 4. The van der Waals surface area contributed by atoms with Crippen LogP contribution in [0, 0.1) is 12.4 Å². The van der Waals surface area contributed by atoms with Gasteiger partial charge in [0.1, 0.15) is 23.3 Å². The summed E-state index contributed by atoms with van der Waals surface area (Å²) in [5, 5.41) is 22.0. The average molecular weight is 289 g/mol. The van der Waals surface area contributed by atoms with E-state index in [1.807, 2.05) is 0 Å². The van der Waals surface area contributed by atoms with Crippen LogP contribution in [0.25, 0.3) is 4.85 Å². The molecule has 0 aromatic heterocycles. The van der Waals surface area contributed by atoms with Crippen LogP contribution in [-0.4, -0.2) is 41.6 Å². The van der Waals surface area contributed by atoms with Crippen LogP contribution in [0.2, 0.25) is 0 Å². The van der Waals surface area contributed by atoms with Gasteiger partial charge in [0, 0.05) is 19.2 Å². The van der Waals surface area contributed by atoms with E-state index >= 15 is 0 Å². The summed E-state index contributed by atoms with van der Waals surface area (Å²) < 4.78 is 18.8. The molecule has 1 fully saturated rings. The van der Waals surface area contributed by atoms with Gasteiger partial charge >= 0.3 is 0 Å². The molecule has 0 unspecified atom stereocenters. The minimum absolute atomic E-state index is 0. The van der Waals surface area contributed by atoms with Crippen molar-refractivity contribution in [2.75, 3.05) is 19.7 Å². The molecular weight excluding hydrogens is 275 g/mol. The molecule has 19 heavy (non-hydrogen) atoms. The molecule has 1 aromatic carbocycles. The highest BCUT2D eigenvalue weighted by molar-refractivity contribution is 5.85. The quantitative estimate of drug-likeness (QED) is 0.722. The summed E-state index contributed by atoms with van der Waals surface area (Å²) in [7, 11) is 0. The van der Waals surface area contributed by atoms with Gasteiger partial charge in [-0.2, -0.15) is 0 Å². The van der Waals surface area contributed by atoms with E-state index in [1.54, 1.807) is 0 Å². The third-order valence-corrected chi connectivity index (χ3v) is 2.95. The Morgan fingerprint density at radius 2 is 2.32 bits per heavy atom. The molecule has 1 saturated heterocycles. The van der Waals surface area contributed by atoms with E-state index in [0.717, 1.165) is 6.07 Å². The molecule has 0 radical (unpaired) electrons. The lowest BCUT2D eigenvalue weighted by atomic mass is 10.0. The highest BCUT2D eigenvalue weighted by Crippen LogP contribution is 2.26. The summed E-state index contributed by atoms with van der Waals surface area (Å²) in [6, 6.07) is 3.88. The highest BCUT2D eigenvalue weighted by Gasteiger charge is 2.42.